The third-order valence-corrected chi connectivity index (χ3v) is 0.567. The maximum Gasteiger partial charge on any atom is 0.207 e. The van der Waals surface area contributed by atoms with Crippen molar-refractivity contribution in [2.24, 2.45) is 0 Å². The number of aliphatic hydroxyl groups excluding tert-OH is 1. The first-order chi connectivity index (χ1) is 3.81. The molecule has 1 atom stereocenters. The number of aliphatic hydroxyl groups is 1. The highest BCUT2D eigenvalue weighted by Crippen LogP contribution is 1.67. The molecule has 2 N–H and O–H groups in total. The molecular weight excluding hydrogens is 110 g/mol. The van der Waals surface area contributed by atoms with Crippen molar-refractivity contribution in [1.29, 1.82) is 0 Å². The van der Waals surface area contributed by atoms with Gasteiger partial charge in [0, 0.05) is 0 Å². The van der Waals surface area contributed by atoms with E-state index >= 15 is 0 Å². The standard InChI is InChI=1S/C4H7NO3/c6-2-4(8)1-5-3-7/h2-4,8H,1H2,(H,5,7)/t4-/m1/s1. The van der Waals surface area contributed by atoms with E-state index in [9.17, 15) is 9.59 Å². The Kier molecular flexibility index (Phi) is 3.78. The second kappa shape index (κ2) is 4.26. The van der Waals surface area contributed by atoms with E-state index < -0.39 is 6.10 Å². The molecule has 0 aromatic carbocycles. The van der Waals surface area contributed by atoms with Crippen LogP contribution >= 0.6 is 0 Å². The molecule has 0 aliphatic heterocycles. The van der Waals surface area contributed by atoms with Gasteiger partial charge in [0.2, 0.25) is 6.41 Å². The molecule has 0 aliphatic carbocycles. The average molecular weight is 117 g/mol. The van der Waals surface area contributed by atoms with Gasteiger partial charge >= 0.3 is 0 Å². The lowest BCUT2D eigenvalue weighted by atomic mass is 10.4. The summed E-state index contributed by atoms with van der Waals surface area (Å²) >= 11 is 0. The Morgan fingerprint density at radius 1 is 1.62 bits per heavy atom. The van der Waals surface area contributed by atoms with Gasteiger partial charge in [-0.2, -0.15) is 0 Å². The third kappa shape index (κ3) is 3.30. The zero-order valence-corrected chi connectivity index (χ0v) is 4.20. The van der Waals surface area contributed by atoms with Crippen molar-refractivity contribution >= 4 is 12.7 Å². The smallest absolute Gasteiger partial charge is 0.207 e. The zero-order valence-electron chi connectivity index (χ0n) is 4.20. The predicted octanol–water partition coefficient (Wildman–Crippen LogP) is -1.71. The van der Waals surface area contributed by atoms with E-state index in [0.717, 1.165) is 0 Å². The first kappa shape index (κ1) is 7.10. The van der Waals surface area contributed by atoms with Crippen LogP contribution in [-0.4, -0.2) is 30.5 Å². The lowest BCUT2D eigenvalue weighted by molar-refractivity contribution is -0.115. The Labute approximate surface area is 46.5 Å². The summed E-state index contributed by atoms with van der Waals surface area (Å²) in [6.45, 7) is -0.00694. The highest BCUT2D eigenvalue weighted by molar-refractivity contribution is 5.57. The third-order valence-electron chi connectivity index (χ3n) is 0.567. The van der Waals surface area contributed by atoms with E-state index in [1.165, 1.54) is 0 Å². The summed E-state index contributed by atoms with van der Waals surface area (Å²) in [4.78, 5) is 19.1. The highest BCUT2D eigenvalue weighted by atomic mass is 16.3. The molecule has 0 aliphatic rings. The van der Waals surface area contributed by atoms with Crippen LogP contribution < -0.4 is 5.32 Å². The van der Waals surface area contributed by atoms with Gasteiger partial charge in [0.25, 0.3) is 0 Å². The molecule has 0 saturated heterocycles. The normalized spacial score (nSPS) is 12.1. The first-order valence-electron chi connectivity index (χ1n) is 2.11. The van der Waals surface area contributed by atoms with Gasteiger partial charge in [-0.25, -0.2) is 0 Å². The molecule has 0 rings (SSSR count). The molecule has 0 unspecified atom stereocenters. The second-order valence-electron chi connectivity index (χ2n) is 1.23. The zero-order chi connectivity index (χ0) is 6.41. The highest BCUT2D eigenvalue weighted by Gasteiger charge is 1.96. The van der Waals surface area contributed by atoms with Crippen LogP contribution in [0.1, 0.15) is 0 Å². The van der Waals surface area contributed by atoms with E-state index in [0.29, 0.717) is 12.7 Å². The Morgan fingerprint density at radius 2 is 2.25 bits per heavy atom. The van der Waals surface area contributed by atoms with E-state index in [-0.39, 0.29) is 6.54 Å². The van der Waals surface area contributed by atoms with Gasteiger partial charge in [-0.15, -0.1) is 0 Å². The molecule has 0 bridgehead atoms. The van der Waals surface area contributed by atoms with Crippen molar-refractivity contribution in [2.75, 3.05) is 6.54 Å². The Balaban J connectivity index is 3.09. The maximum atomic E-state index is 9.60. The molecule has 1 amide bonds. The molecule has 4 nitrogen and oxygen atoms in total. The summed E-state index contributed by atoms with van der Waals surface area (Å²) in [7, 11) is 0. The number of rotatable bonds is 4. The van der Waals surface area contributed by atoms with Gasteiger partial charge in [0.15, 0.2) is 0 Å². The monoisotopic (exact) mass is 117 g/mol. The van der Waals surface area contributed by atoms with Crippen molar-refractivity contribution in [3.8, 4) is 0 Å². The van der Waals surface area contributed by atoms with Gasteiger partial charge < -0.3 is 15.2 Å². The average Bonchev–Trinajstić information content (AvgIpc) is 1.83. The molecule has 0 fully saturated rings. The minimum Gasteiger partial charge on any atom is -0.384 e. The number of carbonyl (C=O) groups excluding carboxylic acids is 2. The van der Waals surface area contributed by atoms with Crippen LogP contribution in [0.5, 0.6) is 0 Å². The van der Waals surface area contributed by atoms with Gasteiger partial charge in [-0.1, -0.05) is 0 Å². The summed E-state index contributed by atoms with van der Waals surface area (Å²) in [6.07, 6.45) is -0.288. The molecule has 0 aromatic rings. The van der Waals surface area contributed by atoms with E-state index in [1.54, 1.807) is 0 Å². The topological polar surface area (TPSA) is 66.4 Å². The summed E-state index contributed by atoms with van der Waals surface area (Å²) in [5.41, 5.74) is 0. The quantitative estimate of drug-likeness (QED) is 0.431. The first-order valence-corrected chi connectivity index (χ1v) is 2.11. The molecule has 0 spiro atoms. The Bertz CT molecular complexity index is 83.4. The van der Waals surface area contributed by atoms with Crippen LogP contribution in [0, 0.1) is 0 Å². The number of aldehydes is 1. The molecule has 4 heteroatoms. The van der Waals surface area contributed by atoms with E-state index in [1.807, 2.05) is 0 Å². The van der Waals surface area contributed by atoms with Gasteiger partial charge in [-0.05, 0) is 0 Å². The molecule has 0 heterocycles. The summed E-state index contributed by atoms with van der Waals surface area (Å²) in [6, 6.07) is 0. The number of hydrogen-bond acceptors (Lipinski definition) is 3. The number of carbonyl (C=O) groups is 2. The van der Waals surface area contributed by atoms with Gasteiger partial charge in [-0.3, -0.25) is 4.79 Å². The Hall–Kier alpha value is -0.900. The lowest BCUT2D eigenvalue weighted by Gasteiger charge is -1.97. The van der Waals surface area contributed by atoms with Crippen LogP contribution in [-0.2, 0) is 9.59 Å². The largest absolute Gasteiger partial charge is 0.384 e. The van der Waals surface area contributed by atoms with Crippen LogP contribution in [0.3, 0.4) is 0 Å². The van der Waals surface area contributed by atoms with E-state index in [2.05, 4.69) is 5.32 Å². The van der Waals surface area contributed by atoms with Crippen molar-refractivity contribution in [2.45, 2.75) is 6.10 Å². The van der Waals surface area contributed by atoms with Gasteiger partial charge in [0.1, 0.15) is 12.4 Å². The van der Waals surface area contributed by atoms with Crippen LogP contribution in [0.15, 0.2) is 0 Å². The SMILES string of the molecule is O=CNC[C@@H](O)C=O. The minimum absolute atomic E-state index is 0.00694. The lowest BCUT2D eigenvalue weighted by Crippen LogP contribution is -2.26. The number of nitrogens with one attached hydrogen (secondary N) is 1. The fourth-order valence-electron chi connectivity index (χ4n) is 0.217. The second-order valence-corrected chi connectivity index (χ2v) is 1.23. The molecular formula is C4H7NO3. The summed E-state index contributed by atoms with van der Waals surface area (Å²) in [5.74, 6) is 0. The number of amides is 1. The van der Waals surface area contributed by atoms with Crippen LogP contribution in [0.4, 0.5) is 0 Å². The molecule has 0 radical (unpaired) electrons. The minimum atomic E-state index is -1.07. The van der Waals surface area contributed by atoms with E-state index in [4.69, 9.17) is 5.11 Å². The maximum absolute atomic E-state index is 9.60. The summed E-state index contributed by atoms with van der Waals surface area (Å²) in [5, 5.41) is 10.5. The van der Waals surface area contributed by atoms with Gasteiger partial charge in [0.05, 0.1) is 6.54 Å². The van der Waals surface area contributed by atoms with Crippen molar-refractivity contribution in [3.05, 3.63) is 0 Å². The van der Waals surface area contributed by atoms with Crippen LogP contribution in [0.25, 0.3) is 0 Å². The fourth-order valence-corrected chi connectivity index (χ4v) is 0.217. The van der Waals surface area contributed by atoms with Crippen molar-refractivity contribution in [3.63, 3.8) is 0 Å². The van der Waals surface area contributed by atoms with Crippen molar-refractivity contribution < 1.29 is 14.7 Å². The molecule has 46 valence electrons. The fraction of sp³-hybridized carbons (Fsp3) is 0.500. The molecule has 8 heavy (non-hydrogen) atoms. The predicted molar refractivity (Wildman–Crippen MR) is 26.1 cm³/mol. The Morgan fingerprint density at radius 3 is 2.62 bits per heavy atom. The molecule has 0 saturated carbocycles. The van der Waals surface area contributed by atoms with Crippen molar-refractivity contribution in [1.82, 2.24) is 5.32 Å². The van der Waals surface area contributed by atoms with Crippen LogP contribution in [0.2, 0.25) is 0 Å². The molecule has 0 aromatic heterocycles. The number of hydrogen-bond donors (Lipinski definition) is 2. The summed E-state index contributed by atoms with van der Waals surface area (Å²) < 4.78 is 0.